The summed E-state index contributed by atoms with van der Waals surface area (Å²) in [6.45, 7) is 4.33. The van der Waals surface area contributed by atoms with Gasteiger partial charge in [-0.2, -0.15) is 0 Å². The van der Waals surface area contributed by atoms with Crippen LogP contribution in [0.3, 0.4) is 0 Å². The number of benzene rings is 2. The molecule has 0 spiro atoms. The zero-order valence-electron chi connectivity index (χ0n) is 21.0. The van der Waals surface area contributed by atoms with Gasteiger partial charge in [0.1, 0.15) is 5.82 Å². The van der Waals surface area contributed by atoms with Crippen molar-refractivity contribution in [3.8, 4) is 0 Å². The van der Waals surface area contributed by atoms with Crippen LogP contribution in [-0.2, 0) is 27.8 Å². The lowest BCUT2D eigenvalue weighted by atomic mass is 10.1. The first-order valence-electron chi connectivity index (χ1n) is 12.2. The van der Waals surface area contributed by atoms with E-state index >= 15 is 0 Å². The molecule has 1 aromatic heterocycles. The van der Waals surface area contributed by atoms with Crippen LogP contribution in [0.5, 0.6) is 0 Å². The lowest BCUT2D eigenvalue weighted by molar-refractivity contribution is -0.114. The summed E-state index contributed by atoms with van der Waals surface area (Å²) >= 11 is 13.0. The van der Waals surface area contributed by atoms with Crippen molar-refractivity contribution in [1.29, 1.82) is 0 Å². The molecule has 37 heavy (non-hydrogen) atoms. The van der Waals surface area contributed by atoms with E-state index in [-0.39, 0.29) is 10.9 Å². The number of nitrogens with zero attached hydrogens (tertiary/aromatic N) is 2. The van der Waals surface area contributed by atoms with E-state index in [4.69, 9.17) is 23.2 Å². The summed E-state index contributed by atoms with van der Waals surface area (Å²) in [7, 11) is -3.69. The Morgan fingerprint density at radius 2 is 1.73 bits per heavy atom. The van der Waals surface area contributed by atoms with Crippen molar-refractivity contribution >= 4 is 57.4 Å². The average Bonchev–Trinajstić information content (AvgIpc) is 3.17. The normalized spacial score (nSPS) is 12.0. The van der Waals surface area contributed by atoms with Gasteiger partial charge in [-0.3, -0.25) is 4.79 Å². The second-order valence-corrected chi connectivity index (χ2v) is 11.2. The molecule has 0 saturated carbocycles. The summed E-state index contributed by atoms with van der Waals surface area (Å²) in [5.41, 5.74) is 3.42. The van der Waals surface area contributed by atoms with Crippen LogP contribution >= 0.6 is 23.2 Å². The zero-order valence-corrected chi connectivity index (χ0v) is 23.3. The van der Waals surface area contributed by atoms with Crippen LogP contribution in [0.25, 0.3) is 18.2 Å². The molecule has 3 rings (SSSR count). The molecular formula is C28H31Cl2N3O3S. The van der Waals surface area contributed by atoms with E-state index in [0.29, 0.717) is 30.1 Å². The second-order valence-electron chi connectivity index (χ2n) is 8.56. The maximum absolute atomic E-state index is 12.3. The number of hydrogen-bond donors (Lipinski definition) is 1. The first-order chi connectivity index (χ1) is 17.7. The summed E-state index contributed by atoms with van der Waals surface area (Å²) in [6, 6.07) is 15.8. The number of carbonyl (C=O) groups is 1. The molecule has 3 aromatic rings. The summed E-state index contributed by atoms with van der Waals surface area (Å²) < 4.78 is 28.2. The molecule has 0 aliphatic heterocycles. The number of halogens is 2. The first kappa shape index (κ1) is 28.7. The van der Waals surface area contributed by atoms with Crippen LogP contribution in [-0.4, -0.2) is 29.6 Å². The number of sulfonamides is 1. The summed E-state index contributed by atoms with van der Waals surface area (Å²) in [6.07, 6.45) is 9.46. The van der Waals surface area contributed by atoms with E-state index in [1.54, 1.807) is 0 Å². The van der Waals surface area contributed by atoms with Crippen molar-refractivity contribution in [3.63, 3.8) is 0 Å². The van der Waals surface area contributed by atoms with Crippen molar-refractivity contribution in [1.82, 2.24) is 14.3 Å². The quantitative estimate of drug-likeness (QED) is 0.153. The minimum Gasteiger partial charge on any atom is -0.323 e. The van der Waals surface area contributed by atoms with E-state index in [9.17, 15) is 13.2 Å². The van der Waals surface area contributed by atoms with Gasteiger partial charge in [0, 0.05) is 17.5 Å². The minimum absolute atomic E-state index is 0.0892. The fourth-order valence-electron chi connectivity index (χ4n) is 3.74. The Balaban J connectivity index is 1.77. The topological polar surface area (TPSA) is 81.1 Å². The van der Waals surface area contributed by atoms with Crippen LogP contribution in [0.2, 0.25) is 10.2 Å². The number of unbranched alkanes of at least 4 members (excludes halogenated alkanes) is 2. The van der Waals surface area contributed by atoms with Gasteiger partial charge in [0.25, 0.3) is 5.91 Å². The fraction of sp³-hybridized carbons (Fsp3) is 0.286. The maximum Gasteiger partial charge on any atom is 0.257 e. The van der Waals surface area contributed by atoms with Crippen molar-refractivity contribution in [2.45, 2.75) is 46.1 Å². The molecule has 6 nitrogen and oxygen atoms in total. The van der Waals surface area contributed by atoms with Crippen LogP contribution in [0.4, 0.5) is 0 Å². The maximum atomic E-state index is 12.3. The molecule has 1 N–H and O–H groups in total. The number of nitrogens with one attached hydrogen (secondary N) is 1. The highest BCUT2D eigenvalue weighted by Gasteiger charge is 2.16. The average molecular weight is 561 g/mol. The third-order valence-electron chi connectivity index (χ3n) is 5.70. The molecule has 0 aliphatic rings. The van der Waals surface area contributed by atoms with Gasteiger partial charge in [-0.25, -0.2) is 18.1 Å². The number of rotatable bonds is 12. The summed E-state index contributed by atoms with van der Waals surface area (Å²) in [5.74, 6) is -0.0963. The van der Waals surface area contributed by atoms with E-state index < -0.39 is 15.9 Å². The lowest BCUT2D eigenvalue weighted by Crippen LogP contribution is -2.31. The largest absolute Gasteiger partial charge is 0.323 e. The molecule has 0 fully saturated rings. The summed E-state index contributed by atoms with van der Waals surface area (Å²) in [4.78, 5) is 16.7. The third kappa shape index (κ3) is 8.59. The van der Waals surface area contributed by atoms with Gasteiger partial charge < -0.3 is 4.57 Å². The first-order valence-corrected chi connectivity index (χ1v) is 14.6. The number of imidazole rings is 1. The molecule has 0 unspecified atom stereocenters. The molecular weight excluding hydrogens is 529 g/mol. The van der Waals surface area contributed by atoms with E-state index in [2.05, 4.69) is 9.71 Å². The lowest BCUT2D eigenvalue weighted by Gasteiger charge is -2.12. The zero-order chi connectivity index (χ0) is 26.8. The van der Waals surface area contributed by atoms with Crippen molar-refractivity contribution in [2.75, 3.05) is 5.75 Å². The minimum atomic E-state index is -3.69. The number of amides is 1. The van der Waals surface area contributed by atoms with Crippen molar-refractivity contribution in [3.05, 3.63) is 93.0 Å². The molecule has 0 aliphatic carbocycles. The molecule has 0 radical (unpaired) electrons. The van der Waals surface area contributed by atoms with Crippen LogP contribution in [0, 0.1) is 0 Å². The molecule has 0 atom stereocenters. The van der Waals surface area contributed by atoms with Crippen molar-refractivity contribution in [2.24, 2.45) is 0 Å². The molecule has 2 aromatic carbocycles. The molecule has 196 valence electrons. The van der Waals surface area contributed by atoms with Gasteiger partial charge >= 0.3 is 0 Å². The molecule has 1 amide bonds. The second kappa shape index (κ2) is 13.6. The number of hydrogen-bond acceptors (Lipinski definition) is 4. The highest BCUT2D eigenvalue weighted by Crippen LogP contribution is 2.25. The van der Waals surface area contributed by atoms with Gasteiger partial charge in [-0.1, -0.05) is 105 Å². The summed E-state index contributed by atoms with van der Waals surface area (Å²) in [5, 5.41) is 0.818. The highest BCUT2D eigenvalue weighted by molar-refractivity contribution is 7.90. The monoisotopic (exact) mass is 559 g/mol. The molecule has 1 heterocycles. The van der Waals surface area contributed by atoms with Crippen LogP contribution < -0.4 is 4.72 Å². The SMILES string of the molecule is CCCCCS(=O)(=O)NC(=O)C=Cc1c(Cl)nc(CC)n1Cc1ccc(C=Cc2ccccc2)cc1Cl. The Labute approximate surface area is 229 Å². The Kier molecular flexibility index (Phi) is 10.6. The number of carbonyl (C=O) groups excluding carboxylic acids is 1. The standard InChI is InChI=1S/C28H31Cl2N3O3S/c1-3-5-9-18-37(35,36)32-27(34)17-16-25-28(30)31-26(4-2)33(25)20-23-15-14-22(19-24(23)29)13-12-21-10-7-6-8-11-21/h6-8,10-17,19H,3-5,9,18,20H2,1-2H3,(H,32,34). The van der Waals surface area contributed by atoms with Gasteiger partial charge in [-0.15, -0.1) is 0 Å². The van der Waals surface area contributed by atoms with E-state index in [1.807, 2.05) is 79.1 Å². The Morgan fingerprint density at radius 1 is 1.00 bits per heavy atom. The van der Waals surface area contributed by atoms with E-state index in [0.717, 1.165) is 41.4 Å². The third-order valence-corrected chi connectivity index (χ3v) is 7.66. The van der Waals surface area contributed by atoms with Gasteiger partial charge in [-0.05, 0) is 35.3 Å². The Hall–Kier alpha value is -2.87. The predicted molar refractivity (Wildman–Crippen MR) is 153 cm³/mol. The van der Waals surface area contributed by atoms with Gasteiger partial charge in [0.05, 0.1) is 18.0 Å². The van der Waals surface area contributed by atoms with E-state index in [1.165, 1.54) is 6.08 Å². The number of aryl methyl sites for hydroxylation is 1. The van der Waals surface area contributed by atoms with Crippen molar-refractivity contribution < 1.29 is 13.2 Å². The molecule has 0 bridgehead atoms. The molecule has 0 saturated heterocycles. The predicted octanol–water partition coefficient (Wildman–Crippen LogP) is 6.62. The smallest absolute Gasteiger partial charge is 0.257 e. The van der Waals surface area contributed by atoms with Gasteiger partial charge in [0.2, 0.25) is 10.0 Å². The Morgan fingerprint density at radius 3 is 2.41 bits per heavy atom. The van der Waals surface area contributed by atoms with Crippen LogP contribution in [0.1, 0.15) is 61.3 Å². The fourth-order valence-corrected chi connectivity index (χ4v) is 5.32. The Bertz CT molecular complexity index is 1380. The van der Waals surface area contributed by atoms with Gasteiger partial charge in [0.15, 0.2) is 5.15 Å². The molecule has 9 heteroatoms. The van der Waals surface area contributed by atoms with Crippen LogP contribution in [0.15, 0.2) is 54.6 Å². The highest BCUT2D eigenvalue weighted by atomic mass is 35.5. The number of aromatic nitrogens is 2.